The lowest BCUT2D eigenvalue weighted by Gasteiger charge is -2.60. The number of hydrogen-bond donors (Lipinski definition) is 2. The van der Waals surface area contributed by atoms with Gasteiger partial charge in [0.05, 0.1) is 6.42 Å². The lowest BCUT2D eigenvalue weighted by Crippen LogP contribution is -2.54. The van der Waals surface area contributed by atoms with Gasteiger partial charge < -0.3 is 29.0 Å². The first-order valence-electron chi connectivity index (χ1n) is 12.6. The molecule has 2 unspecified atom stereocenters. The highest BCUT2D eigenvalue weighted by Gasteiger charge is 2.60. The Kier molecular flexibility index (Phi) is 7.65. The summed E-state index contributed by atoms with van der Waals surface area (Å²) in [5, 5.41) is -2.43. The zero-order valence-electron chi connectivity index (χ0n) is 20.3. The molecular formula is C23H36O10P2-2. The fraction of sp³-hybridized carbons (Fsp3) is 0.913. The molecule has 4 rings (SSSR count). The van der Waals surface area contributed by atoms with E-state index in [-0.39, 0.29) is 16.9 Å². The van der Waals surface area contributed by atoms with Crippen LogP contribution in [0.1, 0.15) is 78.1 Å². The second kappa shape index (κ2) is 9.70. The van der Waals surface area contributed by atoms with E-state index in [0.29, 0.717) is 48.7 Å². The minimum absolute atomic E-state index is 0.139. The molecule has 0 bridgehead atoms. The van der Waals surface area contributed by atoms with Crippen molar-refractivity contribution < 1.29 is 48.4 Å². The van der Waals surface area contributed by atoms with E-state index in [1.807, 2.05) is 0 Å². The fourth-order valence-corrected chi connectivity index (χ4v) is 10.4. The van der Waals surface area contributed by atoms with Gasteiger partial charge in [0.25, 0.3) is 7.94 Å². The first kappa shape index (κ1) is 27.6. The fourth-order valence-electron chi connectivity index (χ4n) is 8.03. The Bertz CT molecular complexity index is 812. The molecule has 0 aliphatic heterocycles. The topological polar surface area (TPSA) is 185 Å². The number of Topliss-reactive ketones (excluding diaryl/α,β-unsaturated/α-hetero) is 1. The summed E-state index contributed by atoms with van der Waals surface area (Å²) in [4.78, 5) is 87.5. The van der Waals surface area contributed by atoms with Crippen molar-refractivity contribution in [1.82, 2.24) is 0 Å². The molecule has 12 heteroatoms. The zero-order valence-corrected chi connectivity index (χ0v) is 22.1. The van der Waals surface area contributed by atoms with Gasteiger partial charge in [0.1, 0.15) is 18.5 Å². The summed E-state index contributed by atoms with van der Waals surface area (Å²) >= 11 is 0. The van der Waals surface area contributed by atoms with E-state index in [1.54, 1.807) is 0 Å². The Morgan fingerprint density at radius 3 is 2.43 bits per heavy atom. The largest absolute Gasteiger partial charge is 0.685 e. The van der Waals surface area contributed by atoms with Gasteiger partial charge in [-0.15, -0.1) is 7.94 Å². The van der Waals surface area contributed by atoms with Crippen molar-refractivity contribution in [2.75, 3.05) is 6.61 Å². The Morgan fingerprint density at radius 2 is 1.77 bits per heavy atom. The quantitative estimate of drug-likeness (QED) is 0.364. The zero-order chi connectivity index (χ0) is 25.8. The summed E-state index contributed by atoms with van der Waals surface area (Å²) in [6.45, 7) is 3.89. The highest BCUT2D eigenvalue weighted by atomic mass is 31.3. The summed E-state index contributed by atoms with van der Waals surface area (Å²) < 4.78 is 10.3. The number of carbonyl (C=O) groups is 2. The molecule has 0 aromatic carbocycles. The van der Waals surface area contributed by atoms with Crippen molar-refractivity contribution in [2.24, 2.45) is 34.5 Å². The molecule has 0 aromatic heterocycles. The van der Waals surface area contributed by atoms with E-state index in [2.05, 4.69) is 13.8 Å². The summed E-state index contributed by atoms with van der Waals surface area (Å²) in [5.41, 5.74) is -0.0150. The van der Waals surface area contributed by atoms with Crippen LogP contribution in [0.15, 0.2) is 0 Å². The molecular weight excluding hydrogens is 498 g/mol. The van der Waals surface area contributed by atoms with Gasteiger partial charge in [-0.3, -0.25) is 4.79 Å². The number of hydrogen-bond acceptors (Lipinski definition) is 10. The molecule has 8 atom stereocenters. The normalized spacial score (nSPS) is 40.3. The maximum atomic E-state index is 12.6. The molecule has 200 valence electrons. The first-order valence-corrected chi connectivity index (χ1v) is 15.9. The van der Waals surface area contributed by atoms with Crippen molar-refractivity contribution in [3.05, 3.63) is 0 Å². The predicted octanol–water partition coefficient (Wildman–Crippen LogP) is 0.787. The van der Waals surface area contributed by atoms with Gasteiger partial charge >= 0.3 is 6.16 Å². The highest BCUT2D eigenvalue weighted by Crippen LogP contribution is 2.65. The number of ketones is 1. The first-order chi connectivity index (χ1) is 16.2. The minimum atomic E-state index is -5.56. The molecule has 0 aromatic rings. The summed E-state index contributed by atoms with van der Waals surface area (Å²) in [7, 11) is -10.7. The van der Waals surface area contributed by atoms with Gasteiger partial charge in [-0.05, 0) is 80.5 Å². The van der Waals surface area contributed by atoms with E-state index >= 15 is 0 Å². The van der Waals surface area contributed by atoms with Gasteiger partial charge in [0, 0.05) is 11.8 Å². The second-order valence-electron chi connectivity index (χ2n) is 11.6. The number of fused-ring (bicyclic) bond motifs is 5. The smallest absolute Gasteiger partial charge is 0.508 e. The van der Waals surface area contributed by atoms with E-state index in [9.17, 15) is 29.2 Å². The summed E-state index contributed by atoms with van der Waals surface area (Å²) in [5.74, 6) is 2.44. The monoisotopic (exact) mass is 534 g/mol. The Balaban J connectivity index is 1.30. The molecule has 0 amide bonds. The van der Waals surface area contributed by atoms with Crippen LogP contribution in [-0.2, 0) is 14.3 Å². The van der Waals surface area contributed by atoms with Crippen molar-refractivity contribution in [1.29, 1.82) is 0 Å². The highest BCUT2D eigenvalue weighted by molar-refractivity contribution is 7.74. The summed E-state index contributed by atoms with van der Waals surface area (Å²) in [6.07, 6.45) is 5.97. The van der Waals surface area contributed by atoms with Crippen molar-refractivity contribution in [2.45, 2.75) is 89.6 Å². The number of carbonyl (C=O) groups excluding carboxylic acids is 2. The molecule has 4 aliphatic carbocycles. The Labute approximate surface area is 207 Å². The van der Waals surface area contributed by atoms with Crippen LogP contribution in [0.3, 0.4) is 0 Å². The van der Waals surface area contributed by atoms with Gasteiger partial charge in [-0.25, -0.2) is 14.6 Å². The lowest BCUT2D eigenvalue weighted by atomic mass is 9.45. The second-order valence-corrected chi connectivity index (χ2v) is 15.5. The van der Waals surface area contributed by atoms with Gasteiger partial charge in [-0.2, -0.15) is 0 Å². The SMILES string of the molecule is C[C@]12CC[C@H](OC(=O)OCCC([P+]([O-])([O-])[O-])[P+]([O-])(O)O)CC1CC[C@@H]1[C@@H]2CC[C@]2(C)C(=O)CC[C@@H]12. The van der Waals surface area contributed by atoms with E-state index in [0.717, 1.165) is 38.5 Å². The Hall–Kier alpha value is -0.440. The molecule has 2 N–H and O–H groups in total. The third-order valence-electron chi connectivity index (χ3n) is 9.94. The third kappa shape index (κ3) is 5.28. The van der Waals surface area contributed by atoms with Crippen molar-refractivity contribution in [3.8, 4) is 0 Å². The maximum absolute atomic E-state index is 12.6. The van der Waals surface area contributed by atoms with Gasteiger partial charge in [0.15, 0.2) is 0 Å². The van der Waals surface area contributed by atoms with Crippen LogP contribution in [0, 0.1) is 34.5 Å². The molecule has 4 fully saturated rings. The average Bonchev–Trinajstić information content (AvgIpc) is 3.04. The molecule has 0 radical (unpaired) electrons. The number of ether oxygens (including phenoxy) is 2. The molecule has 0 heterocycles. The van der Waals surface area contributed by atoms with E-state index < -0.39 is 40.5 Å². The van der Waals surface area contributed by atoms with Crippen LogP contribution >= 0.6 is 15.9 Å². The van der Waals surface area contributed by atoms with Crippen LogP contribution < -0.4 is 19.6 Å². The van der Waals surface area contributed by atoms with E-state index in [4.69, 9.17) is 19.3 Å². The van der Waals surface area contributed by atoms with Crippen LogP contribution in [-0.4, -0.2) is 39.8 Å². The molecule has 10 nitrogen and oxygen atoms in total. The van der Waals surface area contributed by atoms with Crippen molar-refractivity contribution >= 4 is 27.8 Å². The Morgan fingerprint density at radius 1 is 1.06 bits per heavy atom. The standard InChI is InChI=1S/C23H38O10P2/c1-22-10-7-15(33-21(25)32-12-9-20(34(26,27)28)35(29,30)31)13-14(22)3-4-16-17-5-6-19(24)23(17,2)11-8-18(16)22/h14-18,20H,3-13H2,1-2H3,(H2,26,27,28)(H2,29,30,31)/p-2/t14?,15-,16-,17-,18-,22-,23-/m0/s1. The minimum Gasteiger partial charge on any atom is -0.685 e. The lowest BCUT2D eigenvalue weighted by molar-refractivity contribution is -0.430. The van der Waals surface area contributed by atoms with Crippen LogP contribution in [0.4, 0.5) is 4.79 Å². The van der Waals surface area contributed by atoms with Gasteiger partial charge in [-0.1, -0.05) is 13.8 Å². The van der Waals surface area contributed by atoms with E-state index in [1.165, 1.54) is 0 Å². The predicted molar refractivity (Wildman–Crippen MR) is 120 cm³/mol. The van der Waals surface area contributed by atoms with Crippen LogP contribution in [0.25, 0.3) is 0 Å². The molecule has 0 saturated heterocycles. The van der Waals surface area contributed by atoms with Crippen molar-refractivity contribution in [3.63, 3.8) is 0 Å². The summed E-state index contributed by atoms with van der Waals surface area (Å²) in [6, 6.07) is 0. The van der Waals surface area contributed by atoms with Gasteiger partial charge in [0.2, 0.25) is 5.40 Å². The molecule has 0 spiro atoms. The molecule has 35 heavy (non-hydrogen) atoms. The molecule has 4 saturated carbocycles. The maximum Gasteiger partial charge on any atom is 0.508 e. The van der Waals surface area contributed by atoms with Crippen LogP contribution in [0.5, 0.6) is 0 Å². The average molecular weight is 534 g/mol. The number of rotatable bonds is 6. The van der Waals surface area contributed by atoms with Crippen LogP contribution in [0.2, 0.25) is 0 Å². The molecule has 4 aliphatic rings. The third-order valence-corrected chi connectivity index (χ3v) is 13.7.